The molecule has 0 saturated carbocycles. The number of hydrogen-bond donors (Lipinski definition) is 1. The molecule has 1 aromatic heterocycles. The fourth-order valence-electron chi connectivity index (χ4n) is 3.10. The molecular weight excluding hydrogens is 453 g/mol. The molecule has 166 valence electrons. The summed E-state index contributed by atoms with van der Waals surface area (Å²) < 4.78 is 16.4. The first kappa shape index (κ1) is 23.5. The summed E-state index contributed by atoms with van der Waals surface area (Å²) in [5.74, 6) is 0.743. The molecule has 0 aliphatic carbocycles. The van der Waals surface area contributed by atoms with Gasteiger partial charge in [-0.05, 0) is 35.4 Å². The summed E-state index contributed by atoms with van der Waals surface area (Å²) in [6.45, 7) is 4.44. The molecular formula is C23H21Cl2N3O4. The molecule has 1 amide bonds. The molecule has 0 aliphatic rings. The Bertz CT molecular complexity index is 1150. The Kier molecular flexibility index (Phi) is 7.29. The van der Waals surface area contributed by atoms with Crippen LogP contribution in [-0.2, 0) is 12.0 Å². The second kappa shape index (κ2) is 9.94. The van der Waals surface area contributed by atoms with E-state index in [1.54, 1.807) is 12.1 Å². The number of oxazole rings is 1. The lowest BCUT2D eigenvalue weighted by atomic mass is 9.77. The van der Waals surface area contributed by atoms with Gasteiger partial charge in [-0.15, -0.1) is 11.6 Å². The molecule has 0 radical (unpaired) electrons. The van der Waals surface area contributed by atoms with Gasteiger partial charge in [-0.1, -0.05) is 37.6 Å². The number of halogens is 2. The maximum atomic E-state index is 11.1. The van der Waals surface area contributed by atoms with Crippen molar-refractivity contribution in [3.63, 3.8) is 0 Å². The van der Waals surface area contributed by atoms with Gasteiger partial charge in [0.05, 0.1) is 22.7 Å². The average Bonchev–Trinajstić information content (AvgIpc) is 3.26. The van der Waals surface area contributed by atoms with E-state index in [9.17, 15) is 10.1 Å². The van der Waals surface area contributed by atoms with Crippen LogP contribution in [0.5, 0.6) is 11.5 Å². The monoisotopic (exact) mass is 473 g/mol. The summed E-state index contributed by atoms with van der Waals surface area (Å²) in [6, 6.07) is 13.2. The lowest BCUT2D eigenvalue weighted by molar-refractivity contribution is 0.0963. The number of primary amides is 1. The van der Waals surface area contributed by atoms with E-state index in [2.05, 4.69) is 11.1 Å². The van der Waals surface area contributed by atoms with Crippen molar-refractivity contribution >= 4 is 29.1 Å². The van der Waals surface area contributed by atoms with Crippen molar-refractivity contribution in [3.8, 4) is 17.6 Å². The molecule has 32 heavy (non-hydrogen) atoms. The molecule has 0 spiro atoms. The predicted octanol–water partition coefficient (Wildman–Crippen LogP) is 4.82. The van der Waals surface area contributed by atoms with Gasteiger partial charge in [-0.25, -0.2) is 4.98 Å². The van der Waals surface area contributed by atoms with Crippen molar-refractivity contribution in [1.82, 2.24) is 4.98 Å². The highest BCUT2D eigenvalue weighted by atomic mass is 35.5. The summed E-state index contributed by atoms with van der Waals surface area (Å²) in [6.07, 6.45) is 1.40. The zero-order chi connectivity index (χ0) is 23.3. The number of aromatic nitrogens is 1. The third kappa shape index (κ3) is 5.16. The van der Waals surface area contributed by atoms with E-state index < -0.39 is 11.3 Å². The number of alkyl halides is 1. The fraction of sp³-hybridized carbons (Fsp3) is 0.261. The van der Waals surface area contributed by atoms with Gasteiger partial charge >= 0.3 is 5.91 Å². The molecule has 3 aromatic rings. The van der Waals surface area contributed by atoms with Crippen molar-refractivity contribution in [2.24, 2.45) is 5.73 Å². The SMILES string of the molecule is CC(C)(c1ccc(OCc2cnc(C(N)=O)o2)cc1)c1cc(Cl)c(OCCCl)c(C#N)c1. The maximum Gasteiger partial charge on any atom is 0.304 e. The summed E-state index contributed by atoms with van der Waals surface area (Å²) in [4.78, 5) is 14.8. The van der Waals surface area contributed by atoms with E-state index >= 15 is 0 Å². The minimum atomic E-state index is -0.735. The topological polar surface area (TPSA) is 111 Å². The third-order valence-electron chi connectivity index (χ3n) is 4.93. The number of carbonyl (C=O) groups excluding carboxylic acids is 1. The normalized spacial score (nSPS) is 11.1. The van der Waals surface area contributed by atoms with Gasteiger partial charge in [0.1, 0.15) is 25.0 Å². The Balaban J connectivity index is 1.77. The number of nitriles is 1. The lowest BCUT2D eigenvalue weighted by Crippen LogP contribution is -2.19. The van der Waals surface area contributed by atoms with Crippen LogP contribution in [0, 0.1) is 11.3 Å². The van der Waals surface area contributed by atoms with Gasteiger partial charge in [0.25, 0.3) is 5.89 Å². The predicted molar refractivity (Wildman–Crippen MR) is 120 cm³/mol. The molecule has 0 fully saturated rings. The first-order valence-corrected chi connectivity index (χ1v) is 10.6. The molecule has 3 rings (SSSR count). The second-order valence-electron chi connectivity index (χ2n) is 7.42. The standard InChI is InChI=1S/C23H21Cl2N3O4/c1-23(2,16-9-14(11-26)20(19(25)10-16)30-8-7-24)15-3-5-17(6-4-15)31-13-18-12-28-22(32-18)21(27)29/h3-6,9-10,12H,7-8,13H2,1-2H3,(H2,27,29). The quantitative estimate of drug-likeness (QED) is 0.445. The Morgan fingerprint density at radius 1 is 1.22 bits per heavy atom. The summed E-state index contributed by atoms with van der Waals surface area (Å²) >= 11 is 12.1. The number of benzene rings is 2. The Labute approximate surface area is 195 Å². The van der Waals surface area contributed by atoms with Crippen LogP contribution in [0.2, 0.25) is 5.02 Å². The molecule has 9 heteroatoms. The molecule has 0 unspecified atom stereocenters. The van der Waals surface area contributed by atoms with Crippen molar-refractivity contribution < 1.29 is 18.7 Å². The first-order valence-electron chi connectivity index (χ1n) is 9.67. The molecule has 1 heterocycles. The second-order valence-corrected chi connectivity index (χ2v) is 8.20. The Morgan fingerprint density at radius 2 is 1.94 bits per heavy atom. The van der Waals surface area contributed by atoms with Crippen LogP contribution in [0.25, 0.3) is 0 Å². The number of rotatable bonds is 9. The summed E-state index contributed by atoms with van der Waals surface area (Å²) in [5.41, 5.74) is 6.90. The van der Waals surface area contributed by atoms with E-state index in [1.807, 2.05) is 38.1 Å². The number of nitrogens with two attached hydrogens (primary N) is 1. The molecule has 2 aromatic carbocycles. The Hall–Kier alpha value is -3.21. The molecule has 0 saturated heterocycles. The van der Waals surface area contributed by atoms with Gasteiger partial charge in [0, 0.05) is 5.41 Å². The number of ether oxygens (including phenoxy) is 2. The minimum Gasteiger partial charge on any atom is -0.489 e. The maximum absolute atomic E-state index is 11.1. The Morgan fingerprint density at radius 3 is 2.53 bits per heavy atom. The van der Waals surface area contributed by atoms with Crippen LogP contribution in [0.4, 0.5) is 0 Å². The van der Waals surface area contributed by atoms with Crippen molar-refractivity contribution in [1.29, 1.82) is 5.26 Å². The largest absolute Gasteiger partial charge is 0.489 e. The molecule has 0 atom stereocenters. The summed E-state index contributed by atoms with van der Waals surface area (Å²) in [7, 11) is 0. The highest BCUT2D eigenvalue weighted by Gasteiger charge is 2.26. The van der Waals surface area contributed by atoms with Gasteiger partial charge in [0.2, 0.25) is 0 Å². The fourth-order valence-corrected chi connectivity index (χ4v) is 3.45. The highest BCUT2D eigenvalue weighted by Crippen LogP contribution is 2.38. The smallest absolute Gasteiger partial charge is 0.304 e. The van der Waals surface area contributed by atoms with Gasteiger partial charge in [-0.2, -0.15) is 5.26 Å². The van der Waals surface area contributed by atoms with E-state index in [1.165, 1.54) is 6.20 Å². The van der Waals surface area contributed by atoms with Crippen molar-refractivity contribution in [2.45, 2.75) is 25.9 Å². The minimum absolute atomic E-state index is 0.105. The van der Waals surface area contributed by atoms with Gasteiger partial charge in [-0.3, -0.25) is 4.79 Å². The van der Waals surface area contributed by atoms with Crippen LogP contribution < -0.4 is 15.2 Å². The molecule has 2 N–H and O–H groups in total. The zero-order valence-electron chi connectivity index (χ0n) is 17.5. The number of carbonyl (C=O) groups is 1. The van der Waals surface area contributed by atoms with Crippen LogP contribution in [0.3, 0.4) is 0 Å². The van der Waals surface area contributed by atoms with Crippen LogP contribution in [0.15, 0.2) is 47.0 Å². The van der Waals surface area contributed by atoms with E-state index in [0.29, 0.717) is 33.7 Å². The van der Waals surface area contributed by atoms with Gasteiger partial charge in [0.15, 0.2) is 11.5 Å². The van der Waals surface area contributed by atoms with Crippen LogP contribution in [0.1, 0.15) is 47.0 Å². The first-order chi connectivity index (χ1) is 15.3. The number of hydrogen-bond acceptors (Lipinski definition) is 6. The molecule has 0 bridgehead atoms. The average molecular weight is 474 g/mol. The number of amides is 1. The van der Waals surface area contributed by atoms with E-state index in [0.717, 1.165) is 11.1 Å². The van der Waals surface area contributed by atoms with E-state index in [-0.39, 0.29) is 19.1 Å². The molecule has 7 nitrogen and oxygen atoms in total. The van der Waals surface area contributed by atoms with Crippen molar-refractivity contribution in [2.75, 3.05) is 12.5 Å². The van der Waals surface area contributed by atoms with Crippen LogP contribution in [-0.4, -0.2) is 23.4 Å². The lowest BCUT2D eigenvalue weighted by Gasteiger charge is -2.27. The zero-order valence-corrected chi connectivity index (χ0v) is 19.0. The number of nitrogens with zero attached hydrogens (tertiary/aromatic N) is 2. The van der Waals surface area contributed by atoms with Crippen molar-refractivity contribution in [3.05, 3.63) is 76.0 Å². The highest BCUT2D eigenvalue weighted by molar-refractivity contribution is 6.32. The summed E-state index contributed by atoms with van der Waals surface area (Å²) in [5, 5.41) is 9.91. The van der Waals surface area contributed by atoms with Crippen LogP contribution >= 0.6 is 23.2 Å². The molecule has 0 aliphatic heterocycles. The van der Waals surface area contributed by atoms with Gasteiger partial charge < -0.3 is 19.6 Å². The third-order valence-corrected chi connectivity index (χ3v) is 5.37. The van der Waals surface area contributed by atoms with E-state index in [4.69, 9.17) is 42.8 Å².